The van der Waals surface area contributed by atoms with Crippen LogP contribution in [0.2, 0.25) is 0 Å². The van der Waals surface area contributed by atoms with E-state index in [0.717, 1.165) is 17.0 Å². The zero-order valence-electron chi connectivity index (χ0n) is 13.0. The third kappa shape index (κ3) is 4.72. The third-order valence-corrected chi connectivity index (χ3v) is 3.44. The third-order valence-electron chi connectivity index (χ3n) is 3.44. The normalized spacial score (nSPS) is 16.1. The maximum Gasteiger partial charge on any atom is 0.224 e. The first-order valence-electron chi connectivity index (χ1n) is 7.42. The number of aliphatic hydroxyl groups excluding tert-OH is 1. The van der Waals surface area contributed by atoms with E-state index in [1.54, 1.807) is 0 Å². The molecule has 2 rings (SSSR count). The van der Waals surface area contributed by atoms with Gasteiger partial charge in [0.05, 0.1) is 5.54 Å². The van der Waals surface area contributed by atoms with Crippen LogP contribution in [0.3, 0.4) is 0 Å². The molecule has 0 radical (unpaired) electrons. The molecule has 116 valence electrons. The topological polar surface area (TPSA) is 75.2 Å². The number of aliphatic hydroxyl groups is 1. The monoisotopic (exact) mass is 293 g/mol. The van der Waals surface area contributed by atoms with Crippen LogP contribution in [0.25, 0.3) is 0 Å². The fraction of sp³-hybridized carbons (Fsp3) is 0.562. The number of fused-ring (bicyclic) bond motifs is 1. The Kier molecular flexibility index (Phi) is 4.85. The first-order valence-corrected chi connectivity index (χ1v) is 7.42. The summed E-state index contributed by atoms with van der Waals surface area (Å²) in [6.07, 6.45) is 0.646. The maximum atomic E-state index is 11.4. The Labute approximate surface area is 125 Å². The molecule has 0 aliphatic carbocycles. The fourth-order valence-electron chi connectivity index (χ4n) is 2.27. The molecule has 1 aliphatic heterocycles. The van der Waals surface area contributed by atoms with E-state index >= 15 is 0 Å². The predicted molar refractivity (Wildman–Crippen MR) is 81.4 cm³/mol. The number of nitrogens with two attached hydrogens (primary N) is 1. The van der Waals surface area contributed by atoms with Gasteiger partial charge in [0, 0.05) is 17.7 Å². The molecule has 5 nitrogen and oxygen atoms in total. The molecule has 21 heavy (non-hydrogen) atoms. The first kappa shape index (κ1) is 15.8. The smallest absolute Gasteiger partial charge is 0.224 e. The van der Waals surface area contributed by atoms with Crippen molar-refractivity contribution in [2.45, 2.75) is 45.3 Å². The van der Waals surface area contributed by atoms with Crippen LogP contribution in [0.1, 0.15) is 32.8 Å². The highest BCUT2D eigenvalue weighted by atomic mass is 16.5. The first-order chi connectivity index (χ1) is 9.85. The van der Waals surface area contributed by atoms with Crippen molar-refractivity contribution in [3.05, 3.63) is 23.8 Å². The molecule has 0 bridgehead atoms. The van der Waals surface area contributed by atoms with Crippen LogP contribution < -0.4 is 15.4 Å². The lowest BCUT2D eigenvalue weighted by Gasteiger charge is -2.22. The largest absolute Gasteiger partial charge is 0.490 e. The molecule has 1 aromatic carbocycles. The maximum absolute atomic E-state index is 11.4. The SMILES string of the molecule is CC(C)(C)[NH2+]C[C@@H](O)COc1cccc2c1CCC(=O)N2. The molecule has 5 heteroatoms. The number of carbonyl (C=O) groups excluding carboxylic acids is 1. The lowest BCUT2D eigenvalue weighted by Crippen LogP contribution is -2.96. The number of hydrogen-bond donors (Lipinski definition) is 3. The molecule has 0 aromatic heterocycles. The van der Waals surface area contributed by atoms with Gasteiger partial charge in [-0.1, -0.05) is 6.07 Å². The number of rotatable bonds is 5. The van der Waals surface area contributed by atoms with E-state index in [-0.39, 0.29) is 18.1 Å². The average Bonchev–Trinajstić information content (AvgIpc) is 2.41. The van der Waals surface area contributed by atoms with Gasteiger partial charge in [-0.15, -0.1) is 0 Å². The molecule has 0 fully saturated rings. The molecule has 1 aromatic rings. The van der Waals surface area contributed by atoms with E-state index in [1.807, 2.05) is 18.2 Å². The molecule has 4 N–H and O–H groups in total. The Morgan fingerprint density at radius 1 is 1.38 bits per heavy atom. The standard InChI is InChI=1S/C16H24N2O3/c1-16(2,3)17-9-11(19)10-21-14-6-4-5-13-12(14)7-8-15(20)18-13/h4-6,11,17,19H,7-10H2,1-3H3,(H,18,20)/p+1/t11-/m1/s1. The quantitative estimate of drug-likeness (QED) is 0.747. The average molecular weight is 293 g/mol. The zero-order chi connectivity index (χ0) is 15.5. The fourth-order valence-corrected chi connectivity index (χ4v) is 2.27. The summed E-state index contributed by atoms with van der Waals surface area (Å²) in [5, 5.41) is 14.9. The van der Waals surface area contributed by atoms with Crippen molar-refractivity contribution < 1.29 is 20.0 Å². The summed E-state index contributed by atoms with van der Waals surface area (Å²) in [7, 11) is 0. The molecular weight excluding hydrogens is 268 g/mol. The molecule has 1 atom stereocenters. The summed E-state index contributed by atoms with van der Waals surface area (Å²) >= 11 is 0. The van der Waals surface area contributed by atoms with Gasteiger partial charge in [0.1, 0.15) is 25.0 Å². The minimum atomic E-state index is -0.515. The minimum Gasteiger partial charge on any atom is -0.490 e. The van der Waals surface area contributed by atoms with Gasteiger partial charge in [-0.25, -0.2) is 0 Å². The highest BCUT2D eigenvalue weighted by molar-refractivity contribution is 5.94. The summed E-state index contributed by atoms with van der Waals surface area (Å²) in [6, 6.07) is 5.62. The van der Waals surface area contributed by atoms with E-state index < -0.39 is 6.10 Å². The van der Waals surface area contributed by atoms with Crippen molar-refractivity contribution in [3.63, 3.8) is 0 Å². The second-order valence-corrected chi connectivity index (χ2v) is 6.60. The van der Waals surface area contributed by atoms with E-state index in [0.29, 0.717) is 19.4 Å². The molecule has 0 saturated heterocycles. The van der Waals surface area contributed by atoms with E-state index in [1.165, 1.54) is 0 Å². The van der Waals surface area contributed by atoms with Crippen molar-refractivity contribution in [2.75, 3.05) is 18.5 Å². The number of hydrogen-bond acceptors (Lipinski definition) is 3. The van der Waals surface area contributed by atoms with Crippen LogP contribution in [0.15, 0.2) is 18.2 Å². The summed E-state index contributed by atoms with van der Waals surface area (Å²) in [5.74, 6) is 0.793. The van der Waals surface area contributed by atoms with Crippen LogP contribution in [0.4, 0.5) is 5.69 Å². The van der Waals surface area contributed by atoms with Crippen LogP contribution in [0.5, 0.6) is 5.75 Å². The van der Waals surface area contributed by atoms with E-state index in [4.69, 9.17) is 4.74 Å². The Morgan fingerprint density at radius 2 is 2.14 bits per heavy atom. The second-order valence-electron chi connectivity index (χ2n) is 6.60. The summed E-state index contributed by atoms with van der Waals surface area (Å²) < 4.78 is 5.75. The number of nitrogens with one attached hydrogen (secondary N) is 1. The molecule has 0 spiro atoms. The highest BCUT2D eigenvalue weighted by Gasteiger charge is 2.20. The van der Waals surface area contributed by atoms with Gasteiger partial charge in [-0.3, -0.25) is 4.79 Å². The number of ether oxygens (including phenoxy) is 1. The van der Waals surface area contributed by atoms with Gasteiger partial charge >= 0.3 is 0 Å². The van der Waals surface area contributed by atoms with Crippen molar-refractivity contribution in [1.82, 2.24) is 0 Å². The Bertz CT molecular complexity index is 509. The molecule has 1 aliphatic rings. The molecular formula is C16H25N2O3+. The van der Waals surface area contributed by atoms with Gasteiger partial charge in [-0.2, -0.15) is 0 Å². The Hall–Kier alpha value is -1.59. The van der Waals surface area contributed by atoms with Gasteiger partial charge in [-0.05, 0) is 39.3 Å². The molecule has 0 saturated carbocycles. The number of benzene rings is 1. The van der Waals surface area contributed by atoms with E-state index in [9.17, 15) is 9.90 Å². The summed E-state index contributed by atoms with van der Waals surface area (Å²) in [6.45, 7) is 7.19. The van der Waals surface area contributed by atoms with Crippen molar-refractivity contribution in [1.29, 1.82) is 0 Å². The van der Waals surface area contributed by atoms with E-state index in [2.05, 4.69) is 31.4 Å². The van der Waals surface area contributed by atoms with Crippen LogP contribution >= 0.6 is 0 Å². The summed E-state index contributed by atoms with van der Waals surface area (Å²) in [4.78, 5) is 11.4. The van der Waals surface area contributed by atoms with Crippen molar-refractivity contribution >= 4 is 11.6 Å². The Balaban J connectivity index is 1.92. The minimum absolute atomic E-state index is 0.0412. The lowest BCUT2D eigenvalue weighted by molar-refractivity contribution is -0.722. The van der Waals surface area contributed by atoms with Crippen LogP contribution in [0, 0.1) is 0 Å². The Morgan fingerprint density at radius 3 is 2.86 bits per heavy atom. The number of carbonyl (C=O) groups is 1. The van der Waals surface area contributed by atoms with Crippen molar-refractivity contribution in [2.24, 2.45) is 0 Å². The summed E-state index contributed by atoms with van der Waals surface area (Å²) in [5.41, 5.74) is 1.93. The predicted octanol–water partition coefficient (Wildman–Crippen LogP) is 0.673. The molecule has 0 unspecified atom stereocenters. The second kappa shape index (κ2) is 6.45. The molecule has 1 amide bonds. The van der Waals surface area contributed by atoms with Crippen LogP contribution in [-0.2, 0) is 11.2 Å². The van der Waals surface area contributed by atoms with Crippen molar-refractivity contribution in [3.8, 4) is 5.75 Å². The van der Waals surface area contributed by atoms with Gasteiger partial charge in [0.25, 0.3) is 0 Å². The van der Waals surface area contributed by atoms with Crippen LogP contribution in [-0.4, -0.2) is 35.8 Å². The zero-order valence-corrected chi connectivity index (χ0v) is 13.0. The molecule has 1 heterocycles. The van der Waals surface area contributed by atoms with Gasteiger partial charge in [0.2, 0.25) is 5.91 Å². The number of anilines is 1. The number of amides is 1. The number of quaternary nitrogens is 1. The highest BCUT2D eigenvalue weighted by Crippen LogP contribution is 2.30. The van der Waals surface area contributed by atoms with Gasteiger partial charge < -0.3 is 20.5 Å². The van der Waals surface area contributed by atoms with Gasteiger partial charge in [0.15, 0.2) is 0 Å². The lowest BCUT2D eigenvalue weighted by atomic mass is 10.0.